The summed E-state index contributed by atoms with van der Waals surface area (Å²) in [4.78, 5) is 12.0. The predicted octanol–water partition coefficient (Wildman–Crippen LogP) is 2.48. The van der Waals surface area contributed by atoms with Crippen LogP contribution in [0.5, 0.6) is 0 Å². The van der Waals surface area contributed by atoms with E-state index in [2.05, 4.69) is 28.2 Å². The van der Waals surface area contributed by atoms with Gasteiger partial charge < -0.3 is 10.1 Å². The van der Waals surface area contributed by atoms with E-state index in [-0.39, 0.29) is 11.3 Å². The predicted molar refractivity (Wildman–Crippen MR) is 68.8 cm³/mol. The fraction of sp³-hybridized carbons (Fsp3) is 0.917. The van der Waals surface area contributed by atoms with Gasteiger partial charge in [-0.3, -0.25) is 4.79 Å². The zero-order chi connectivity index (χ0) is 11.9. The standard InChI is InChI=1S/C12H22BrNO2/c1-12(5-3-2-4-6-12)11(15)14-8-10-16-9-7-13/h2-10H2,1H3,(H,14,15). The summed E-state index contributed by atoms with van der Waals surface area (Å²) in [6, 6.07) is 0. The molecule has 1 aliphatic rings. The van der Waals surface area contributed by atoms with Crippen LogP contribution in [0.3, 0.4) is 0 Å². The summed E-state index contributed by atoms with van der Waals surface area (Å²) in [5.41, 5.74) is -0.131. The van der Waals surface area contributed by atoms with Crippen LogP contribution in [0.1, 0.15) is 39.0 Å². The lowest BCUT2D eigenvalue weighted by molar-refractivity contribution is -0.132. The molecule has 1 amide bonds. The van der Waals surface area contributed by atoms with E-state index in [0.717, 1.165) is 18.2 Å². The number of carbonyl (C=O) groups excluding carboxylic acids is 1. The van der Waals surface area contributed by atoms with Gasteiger partial charge in [-0.15, -0.1) is 0 Å². The molecule has 94 valence electrons. The third-order valence-corrected chi connectivity index (χ3v) is 3.58. The molecule has 0 aromatic carbocycles. The smallest absolute Gasteiger partial charge is 0.226 e. The molecule has 1 rings (SSSR count). The highest BCUT2D eigenvalue weighted by Gasteiger charge is 2.33. The molecule has 0 saturated heterocycles. The van der Waals surface area contributed by atoms with E-state index in [1.807, 2.05) is 0 Å². The van der Waals surface area contributed by atoms with Gasteiger partial charge in [0.1, 0.15) is 0 Å². The average molecular weight is 292 g/mol. The Balaban J connectivity index is 2.18. The zero-order valence-electron chi connectivity index (χ0n) is 10.1. The van der Waals surface area contributed by atoms with Crippen LogP contribution in [0.15, 0.2) is 0 Å². The van der Waals surface area contributed by atoms with Gasteiger partial charge in [-0.05, 0) is 12.8 Å². The first-order valence-electron chi connectivity index (χ1n) is 6.11. The minimum absolute atomic E-state index is 0.131. The van der Waals surface area contributed by atoms with Crippen molar-refractivity contribution in [2.75, 3.05) is 25.1 Å². The molecule has 0 unspecified atom stereocenters. The first kappa shape index (κ1) is 14.0. The second kappa shape index (κ2) is 7.28. The maximum atomic E-state index is 12.0. The van der Waals surface area contributed by atoms with Gasteiger partial charge in [0.25, 0.3) is 0 Å². The summed E-state index contributed by atoms with van der Waals surface area (Å²) in [6.07, 6.45) is 5.70. The van der Waals surface area contributed by atoms with Crippen LogP contribution in [-0.4, -0.2) is 31.0 Å². The largest absolute Gasteiger partial charge is 0.379 e. The third-order valence-electron chi connectivity index (χ3n) is 3.26. The van der Waals surface area contributed by atoms with E-state index in [4.69, 9.17) is 4.74 Å². The molecule has 0 aliphatic heterocycles. The summed E-state index contributed by atoms with van der Waals surface area (Å²) >= 11 is 3.29. The van der Waals surface area contributed by atoms with Crippen molar-refractivity contribution in [3.8, 4) is 0 Å². The van der Waals surface area contributed by atoms with Gasteiger partial charge in [-0.1, -0.05) is 42.1 Å². The fourth-order valence-corrected chi connectivity index (χ4v) is 2.39. The van der Waals surface area contributed by atoms with Crippen LogP contribution < -0.4 is 5.32 Å². The summed E-state index contributed by atoms with van der Waals surface area (Å²) in [5.74, 6) is 0.203. The SMILES string of the molecule is CC1(C(=O)NCCOCCBr)CCCCC1. The van der Waals surface area contributed by atoms with E-state index < -0.39 is 0 Å². The minimum Gasteiger partial charge on any atom is -0.379 e. The van der Waals surface area contributed by atoms with Crippen molar-refractivity contribution in [1.82, 2.24) is 5.32 Å². The molecule has 1 saturated carbocycles. The molecule has 0 bridgehead atoms. The second-order valence-electron chi connectivity index (χ2n) is 4.68. The molecule has 1 N–H and O–H groups in total. The molecule has 0 heterocycles. The number of hydrogen-bond donors (Lipinski definition) is 1. The van der Waals surface area contributed by atoms with Crippen molar-refractivity contribution in [2.45, 2.75) is 39.0 Å². The number of rotatable bonds is 6. The molecule has 0 spiro atoms. The Morgan fingerprint density at radius 2 is 2.00 bits per heavy atom. The van der Waals surface area contributed by atoms with Crippen LogP contribution in [0.25, 0.3) is 0 Å². The van der Waals surface area contributed by atoms with Crippen LogP contribution >= 0.6 is 15.9 Å². The summed E-state index contributed by atoms with van der Waals surface area (Å²) in [5, 5.41) is 3.82. The van der Waals surface area contributed by atoms with Gasteiger partial charge >= 0.3 is 0 Å². The van der Waals surface area contributed by atoms with Crippen molar-refractivity contribution in [3.05, 3.63) is 0 Å². The van der Waals surface area contributed by atoms with Gasteiger partial charge in [-0.2, -0.15) is 0 Å². The zero-order valence-corrected chi connectivity index (χ0v) is 11.6. The number of carbonyl (C=O) groups is 1. The van der Waals surface area contributed by atoms with E-state index in [1.165, 1.54) is 19.3 Å². The lowest BCUT2D eigenvalue weighted by Gasteiger charge is -2.31. The molecule has 4 heteroatoms. The van der Waals surface area contributed by atoms with Crippen molar-refractivity contribution in [2.24, 2.45) is 5.41 Å². The van der Waals surface area contributed by atoms with Crippen LogP contribution in [0.2, 0.25) is 0 Å². The van der Waals surface area contributed by atoms with Gasteiger partial charge in [0.15, 0.2) is 0 Å². The first-order valence-corrected chi connectivity index (χ1v) is 7.23. The van der Waals surface area contributed by atoms with Crippen LogP contribution in [0.4, 0.5) is 0 Å². The Bertz CT molecular complexity index is 215. The van der Waals surface area contributed by atoms with E-state index in [9.17, 15) is 4.79 Å². The van der Waals surface area contributed by atoms with E-state index in [0.29, 0.717) is 19.8 Å². The highest BCUT2D eigenvalue weighted by atomic mass is 79.9. The third kappa shape index (κ3) is 4.42. The topological polar surface area (TPSA) is 38.3 Å². The maximum absolute atomic E-state index is 12.0. The van der Waals surface area contributed by atoms with Crippen molar-refractivity contribution in [3.63, 3.8) is 0 Å². The van der Waals surface area contributed by atoms with Crippen molar-refractivity contribution in [1.29, 1.82) is 0 Å². The molecular weight excluding hydrogens is 270 g/mol. The number of ether oxygens (including phenoxy) is 1. The van der Waals surface area contributed by atoms with E-state index in [1.54, 1.807) is 0 Å². The Morgan fingerprint density at radius 1 is 1.31 bits per heavy atom. The summed E-state index contributed by atoms with van der Waals surface area (Å²) < 4.78 is 5.29. The van der Waals surface area contributed by atoms with Gasteiger partial charge in [-0.25, -0.2) is 0 Å². The highest BCUT2D eigenvalue weighted by Crippen LogP contribution is 2.35. The number of amides is 1. The Labute approximate surface area is 106 Å². The number of alkyl halides is 1. The second-order valence-corrected chi connectivity index (χ2v) is 5.47. The highest BCUT2D eigenvalue weighted by molar-refractivity contribution is 9.09. The maximum Gasteiger partial charge on any atom is 0.226 e. The molecule has 0 aromatic rings. The molecular formula is C12H22BrNO2. The van der Waals surface area contributed by atoms with Crippen LogP contribution in [-0.2, 0) is 9.53 Å². The monoisotopic (exact) mass is 291 g/mol. The molecule has 1 aliphatic carbocycles. The summed E-state index contributed by atoms with van der Waals surface area (Å²) in [7, 11) is 0. The Hall–Kier alpha value is -0.0900. The van der Waals surface area contributed by atoms with Gasteiger partial charge in [0, 0.05) is 17.3 Å². The quantitative estimate of drug-likeness (QED) is 0.603. The molecule has 3 nitrogen and oxygen atoms in total. The van der Waals surface area contributed by atoms with Crippen LogP contribution in [0, 0.1) is 5.41 Å². The van der Waals surface area contributed by atoms with Crippen molar-refractivity contribution >= 4 is 21.8 Å². The molecule has 0 radical (unpaired) electrons. The lowest BCUT2D eigenvalue weighted by atomic mass is 9.75. The molecule has 1 fully saturated rings. The molecule has 0 atom stereocenters. The molecule has 16 heavy (non-hydrogen) atoms. The summed E-state index contributed by atoms with van der Waals surface area (Å²) in [6.45, 7) is 4.02. The Morgan fingerprint density at radius 3 is 2.62 bits per heavy atom. The van der Waals surface area contributed by atoms with E-state index >= 15 is 0 Å². The van der Waals surface area contributed by atoms with Crippen molar-refractivity contribution < 1.29 is 9.53 Å². The first-order chi connectivity index (χ1) is 7.69. The fourth-order valence-electron chi connectivity index (χ4n) is 2.17. The minimum atomic E-state index is -0.131. The average Bonchev–Trinajstić information content (AvgIpc) is 2.29. The number of hydrogen-bond acceptors (Lipinski definition) is 2. The number of halogens is 1. The number of nitrogens with one attached hydrogen (secondary N) is 1. The molecule has 0 aromatic heterocycles. The Kier molecular flexibility index (Phi) is 6.36. The lowest BCUT2D eigenvalue weighted by Crippen LogP contribution is -2.41. The van der Waals surface area contributed by atoms with Gasteiger partial charge in [0.2, 0.25) is 5.91 Å². The van der Waals surface area contributed by atoms with Gasteiger partial charge in [0.05, 0.1) is 13.2 Å². The normalized spacial score (nSPS) is 19.4.